The molecule has 0 bridgehead atoms. The molecule has 0 aliphatic rings. The van der Waals surface area contributed by atoms with Gasteiger partial charge in [-0.25, -0.2) is 0 Å². The quantitative estimate of drug-likeness (QED) is 0.106. The summed E-state index contributed by atoms with van der Waals surface area (Å²) in [6.45, 7) is 6.54. The third-order valence-corrected chi connectivity index (χ3v) is 11.1. The van der Waals surface area contributed by atoms with Gasteiger partial charge in [-0.3, -0.25) is 0 Å². The van der Waals surface area contributed by atoms with Crippen molar-refractivity contribution in [3.63, 3.8) is 0 Å². The largest absolute Gasteiger partial charge is 0.311 e. The standard InChI is InChI=1S/C59H51N/c1-4-15-46(49-29-31-50(32-30-49)47-18-8-6-9-19-47)23-14-17-45-26-37-55(38-27-45)60(56-39-33-51(34-40-56)48-20-10-7-11-21-48)57-41-35-52(36-42-57)54-28-25-44(3)59(43-54)58-24-13-12-22-53(58)16-5-2/h4,6-15,17-43H,5,16H2,1-3H3/b15-4-,17-14+,46-23+. The van der Waals surface area contributed by atoms with Gasteiger partial charge in [-0.05, 0) is 135 Å². The van der Waals surface area contributed by atoms with Crippen LogP contribution in [0.2, 0.25) is 0 Å². The first kappa shape index (κ1) is 39.6. The summed E-state index contributed by atoms with van der Waals surface area (Å²) in [5.74, 6) is 0. The lowest BCUT2D eigenvalue weighted by molar-refractivity contribution is 0.923. The summed E-state index contributed by atoms with van der Waals surface area (Å²) in [6.07, 6.45) is 13.0. The van der Waals surface area contributed by atoms with Crippen LogP contribution >= 0.6 is 0 Å². The highest BCUT2D eigenvalue weighted by atomic mass is 15.1. The fourth-order valence-electron chi connectivity index (χ4n) is 7.96. The van der Waals surface area contributed by atoms with Crippen molar-refractivity contribution in [2.45, 2.75) is 33.6 Å². The number of rotatable bonds is 13. The van der Waals surface area contributed by atoms with Gasteiger partial charge in [0.15, 0.2) is 0 Å². The summed E-state index contributed by atoms with van der Waals surface area (Å²) in [4.78, 5) is 2.34. The SMILES string of the molecule is C\C=C/C(=C\C=C\c1ccc(N(c2ccc(-c3ccccc3)cc2)c2ccc(-c3ccc(C)c(-c4ccccc4CCC)c3)cc2)cc1)c1ccc(-c2ccccc2)cc1. The maximum Gasteiger partial charge on any atom is 0.0462 e. The first-order valence-corrected chi connectivity index (χ1v) is 21.1. The highest BCUT2D eigenvalue weighted by Crippen LogP contribution is 2.38. The molecule has 8 aromatic carbocycles. The lowest BCUT2D eigenvalue weighted by Gasteiger charge is -2.26. The second-order valence-corrected chi connectivity index (χ2v) is 15.2. The molecular weight excluding hydrogens is 723 g/mol. The second-order valence-electron chi connectivity index (χ2n) is 15.2. The molecular formula is C59H51N. The van der Waals surface area contributed by atoms with Crippen LogP contribution in [0, 0.1) is 6.92 Å². The zero-order valence-corrected chi connectivity index (χ0v) is 34.8. The van der Waals surface area contributed by atoms with Crippen molar-refractivity contribution in [3.05, 3.63) is 247 Å². The van der Waals surface area contributed by atoms with Crippen LogP contribution in [0.3, 0.4) is 0 Å². The Balaban J connectivity index is 1.08. The average molecular weight is 774 g/mol. The molecule has 0 saturated heterocycles. The van der Waals surface area contributed by atoms with Crippen molar-refractivity contribution in [1.82, 2.24) is 0 Å². The Hall–Kier alpha value is -7.22. The molecule has 0 aliphatic heterocycles. The van der Waals surface area contributed by atoms with Gasteiger partial charge in [-0.2, -0.15) is 0 Å². The van der Waals surface area contributed by atoms with Gasteiger partial charge in [-0.1, -0.05) is 201 Å². The molecule has 0 spiro atoms. The Morgan fingerprint density at radius 3 is 1.53 bits per heavy atom. The van der Waals surface area contributed by atoms with Crippen molar-refractivity contribution in [2.24, 2.45) is 0 Å². The van der Waals surface area contributed by atoms with Gasteiger partial charge < -0.3 is 4.90 Å². The Morgan fingerprint density at radius 1 is 0.483 bits per heavy atom. The molecule has 0 atom stereocenters. The van der Waals surface area contributed by atoms with Crippen molar-refractivity contribution < 1.29 is 0 Å². The summed E-state index contributed by atoms with van der Waals surface area (Å²) in [5.41, 5.74) is 19.4. The van der Waals surface area contributed by atoms with Gasteiger partial charge in [0.1, 0.15) is 0 Å². The molecule has 0 unspecified atom stereocenters. The number of anilines is 3. The first-order valence-electron chi connectivity index (χ1n) is 21.1. The van der Waals surface area contributed by atoms with Crippen molar-refractivity contribution in [3.8, 4) is 44.5 Å². The monoisotopic (exact) mass is 773 g/mol. The lowest BCUT2D eigenvalue weighted by Crippen LogP contribution is -2.09. The number of nitrogens with zero attached hydrogens (tertiary/aromatic N) is 1. The minimum atomic E-state index is 1.08. The maximum atomic E-state index is 2.36. The predicted octanol–water partition coefficient (Wildman–Crippen LogP) is 16.8. The Kier molecular flexibility index (Phi) is 12.6. The van der Waals surface area contributed by atoms with E-state index in [4.69, 9.17) is 0 Å². The van der Waals surface area contributed by atoms with E-state index in [2.05, 4.69) is 256 Å². The molecule has 0 amide bonds. The van der Waals surface area contributed by atoms with E-state index < -0.39 is 0 Å². The van der Waals surface area contributed by atoms with E-state index in [1.807, 2.05) is 0 Å². The van der Waals surface area contributed by atoms with Crippen molar-refractivity contribution >= 4 is 28.7 Å². The molecule has 8 rings (SSSR count). The summed E-state index contributed by atoms with van der Waals surface area (Å²) >= 11 is 0. The number of hydrogen-bond acceptors (Lipinski definition) is 1. The fraction of sp³-hybridized carbons (Fsp3) is 0.0847. The smallest absolute Gasteiger partial charge is 0.0462 e. The van der Waals surface area contributed by atoms with Gasteiger partial charge in [0, 0.05) is 17.1 Å². The summed E-state index contributed by atoms with van der Waals surface area (Å²) in [7, 11) is 0. The highest BCUT2D eigenvalue weighted by molar-refractivity contribution is 5.83. The minimum absolute atomic E-state index is 1.08. The number of allylic oxidation sites excluding steroid dienone is 5. The maximum absolute atomic E-state index is 2.36. The van der Waals surface area contributed by atoms with Crippen molar-refractivity contribution in [1.29, 1.82) is 0 Å². The van der Waals surface area contributed by atoms with E-state index >= 15 is 0 Å². The molecule has 60 heavy (non-hydrogen) atoms. The lowest BCUT2D eigenvalue weighted by atomic mass is 9.91. The van der Waals surface area contributed by atoms with Crippen LogP contribution < -0.4 is 4.90 Å². The molecule has 0 aromatic heterocycles. The number of hydrogen-bond donors (Lipinski definition) is 0. The van der Waals surface area contributed by atoms with Gasteiger partial charge in [-0.15, -0.1) is 0 Å². The third-order valence-electron chi connectivity index (χ3n) is 11.1. The topological polar surface area (TPSA) is 3.24 Å². The van der Waals surface area contributed by atoms with Crippen LogP contribution in [0.5, 0.6) is 0 Å². The molecule has 0 aliphatic carbocycles. The Bertz CT molecular complexity index is 2720. The van der Waals surface area contributed by atoms with Crippen LogP contribution in [0.4, 0.5) is 17.1 Å². The normalized spacial score (nSPS) is 11.7. The Labute approximate surface area is 357 Å². The van der Waals surface area contributed by atoms with E-state index in [1.165, 1.54) is 66.8 Å². The van der Waals surface area contributed by atoms with Gasteiger partial charge in [0.05, 0.1) is 0 Å². The molecule has 1 nitrogen and oxygen atoms in total. The fourth-order valence-corrected chi connectivity index (χ4v) is 7.96. The molecule has 0 saturated carbocycles. The highest BCUT2D eigenvalue weighted by Gasteiger charge is 2.15. The zero-order chi connectivity index (χ0) is 41.1. The van der Waals surface area contributed by atoms with E-state index in [-0.39, 0.29) is 0 Å². The van der Waals surface area contributed by atoms with E-state index in [0.29, 0.717) is 0 Å². The first-order chi connectivity index (χ1) is 29.6. The van der Waals surface area contributed by atoms with Gasteiger partial charge in [0.25, 0.3) is 0 Å². The molecule has 0 fully saturated rings. The molecule has 292 valence electrons. The van der Waals surface area contributed by atoms with E-state index in [9.17, 15) is 0 Å². The summed E-state index contributed by atoms with van der Waals surface area (Å²) in [6, 6.07) is 72.4. The van der Waals surface area contributed by atoms with E-state index in [1.54, 1.807) is 0 Å². The molecule has 8 aromatic rings. The van der Waals surface area contributed by atoms with Gasteiger partial charge >= 0.3 is 0 Å². The summed E-state index contributed by atoms with van der Waals surface area (Å²) < 4.78 is 0. The molecule has 1 heteroatoms. The van der Waals surface area contributed by atoms with Crippen molar-refractivity contribution in [2.75, 3.05) is 4.90 Å². The molecule has 0 N–H and O–H groups in total. The van der Waals surface area contributed by atoms with Crippen LogP contribution in [0.1, 0.15) is 42.5 Å². The number of benzene rings is 8. The zero-order valence-electron chi connectivity index (χ0n) is 34.8. The van der Waals surface area contributed by atoms with Crippen LogP contribution in [0.25, 0.3) is 56.2 Å². The van der Waals surface area contributed by atoms with E-state index in [0.717, 1.165) is 35.5 Å². The molecule has 0 heterocycles. The van der Waals surface area contributed by atoms with Crippen LogP contribution in [-0.2, 0) is 6.42 Å². The second kappa shape index (κ2) is 19.0. The molecule has 0 radical (unpaired) electrons. The summed E-state index contributed by atoms with van der Waals surface area (Å²) in [5, 5.41) is 0. The van der Waals surface area contributed by atoms with Gasteiger partial charge in [0.2, 0.25) is 0 Å². The Morgan fingerprint density at radius 2 is 0.967 bits per heavy atom. The average Bonchev–Trinajstić information content (AvgIpc) is 3.31. The number of aryl methyl sites for hydroxylation is 2. The van der Waals surface area contributed by atoms with Crippen LogP contribution in [0.15, 0.2) is 224 Å². The third kappa shape index (κ3) is 9.23. The van der Waals surface area contributed by atoms with Crippen LogP contribution in [-0.4, -0.2) is 0 Å². The minimum Gasteiger partial charge on any atom is -0.311 e. The predicted molar refractivity (Wildman–Crippen MR) is 260 cm³/mol.